The minimum atomic E-state index is -0.116. The molecule has 1 aliphatic rings. The van der Waals surface area contributed by atoms with E-state index in [1.807, 2.05) is 36.4 Å². The Morgan fingerprint density at radius 3 is 2.55 bits per heavy atom. The van der Waals surface area contributed by atoms with E-state index in [1.54, 1.807) is 10.9 Å². The number of aryl methyl sites for hydroxylation is 1. The Hall–Kier alpha value is -2.99. The molecule has 0 atom stereocenters. The second-order valence-corrected chi connectivity index (χ2v) is 9.74. The minimum Gasteiger partial charge on any atom is -0.318 e. The van der Waals surface area contributed by atoms with Crippen LogP contribution in [0.3, 0.4) is 0 Å². The maximum atomic E-state index is 13.5. The lowest BCUT2D eigenvalue weighted by Gasteiger charge is -2.22. The van der Waals surface area contributed by atoms with Gasteiger partial charge in [0.2, 0.25) is 0 Å². The van der Waals surface area contributed by atoms with Gasteiger partial charge in [0.05, 0.1) is 17.1 Å². The number of hydrogen-bond donors (Lipinski definition) is 0. The van der Waals surface area contributed by atoms with Gasteiger partial charge >= 0.3 is 0 Å². The molecule has 0 radical (unpaired) electrons. The molecule has 0 amide bonds. The lowest BCUT2D eigenvalue weighted by Crippen LogP contribution is -2.25. The molecule has 168 valence electrons. The van der Waals surface area contributed by atoms with Crippen molar-refractivity contribution in [3.63, 3.8) is 0 Å². The van der Waals surface area contributed by atoms with E-state index in [0.29, 0.717) is 5.39 Å². The third-order valence-corrected chi connectivity index (χ3v) is 7.09. The third-order valence-electron chi connectivity index (χ3n) is 6.60. The smallest absolute Gasteiger partial charge is 0.282 e. The molecule has 5 rings (SSSR count). The van der Waals surface area contributed by atoms with Gasteiger partial charge in [-0.1, -0.05) is 53.4 Å². The molecule has 2 heterocycles. The van der Waals surface area contributed by atoms with Gasteiger partial charge in [0, 0.05) is 33.0 Å². The predicted molar refractivity (Wildman–Crippen MR) is 138 cm³/mol. The Morgan fingerprint density at radius 1 is 1.03 bits per heavy atom. The summed E-state index contributed by atoms with van der Waals surface area (Å²) in [7, 11) is 0. The average molecular weight is 503 g/mol. The van der Waals surface area contributed by atoms with Crippen molar-refractivity contribution in [2.45, 2.75) is 51.9 Å². The molecular weight excluding hydrogens is 476 g/mol. The summed E-state index contributed by atoms with van der Waals surface area (Å²) in [6.45, 7) is 4.17. The summed E-state index contributed by atoms with van der Waals surface area (Å²) in [6, 6.07) is 18.1. The number of nitrogens with zero attached hydrogens (tertiary/aromatic N) is 4. The van der Waals surface area contributed by atoms with Crippen LogP contribution < -0.4 is 5.56 Å². The summed E-state index contributed by atoms with van der Waals surface area (Å²) in [5.74, 6) is 1.04. The Bertz CT molecular complexity index is 1400. The lowest BCUT2D eigenvalue weighted by molar-refractivity contribution is 0.416. The van der Waals surface area contributed by atoms with Crippen LogP contribution in [0.1, 0.15) is 60.8 Å². The molecule has 1 saturated carbocycles. The predicted octanol–water partition coefficient (Wildman–Crippen LogP) is 6.50. The summed E-state index contributed by atoms with van der Waals surface area (Å²) in [6.07, 6.45) is 7.48. The van der Waals surface area contributed by atoms with Crippen molar-refractivity contribution in [3.8, 4) is 5.69 Å². The van der Waals surface area contributed by atoms with E-state index in [0.717, 1.165) is 51.3 Å². The van der Waals surface area contributed by atoms with Crippen molar-refractivity contribution in [2.24, 2.45) is 5.10 Å². The molecule has 1 fully saturated rings. The second kappa shape index (κ2) is 9.10. The summed E-state index contributed by atoms with van der Waals surface area (Å²) >= 11 is 3.49. The summed E-state index contributed by atoms with van der Waals surface area (Å²) in [4.78, 5) is 18.5. The van der Waals surface area contributed by atoms with E-state index in [4.69, 9.17) is 10.1 Å². The maximum absolute atomic E-state index is 13.5. The number of hydrogen-bond acceptors (Lipinski definition) is 3. The molecule has 33 heavy (non-hydrogen) atoms. The summed E-state index contributed by atoms with van der Waals surface area (Å²) in [5, 5.41) is 5.31. The van der Waals surface area contributed by atoms with Gasteiger partial charge in [-0.15, -0.1) is 0 Å². The molecule has 6 heteroatoms. The monoisotopic (exact) mass is 502 g/mol. The molecule has 5 nitrogen and oxygen atoms in total. The summed E-state index contributed by atoms with van der Waals surface area (Å²) < 4.78 is 4.61. The third kappa shape index (κ3) is 4.20. The number of para-hydroxylation sites is 1. The van der Waals surface area contributed by atoms with Crippen LogP contribution in [-0.2, 0) is 0 Å². The van der Waals surface area contributed by atoms with Gasteiger partial charge in [-0.3, -0.25) is 4.79 Å². The van der Waals surface area contributed by atoms with Crippen LogP contribution in [0.15, 0.2) is 69.0 Å². The van der Waals surface area contributed by atoms with E-state index in [9.17, 15) is 4.79 Å². The molecular formula is C27H27BrN4O. The van der Waals surface area contributed by atoms with Gasteiger partial charge in [0.25, 0.3) is 5.56 Å². The van der Waals surface area contributed by atoms with Crippen LogP contribution in [0.4, 0.5) is 0 Å². The van der Waals surface area contributed by atoms with E-state index in [1.165, 1.54) is 19.3 Å². The highest BCUT2D eigenvalue weighted by atomic mass is 79.9. The number of fused-ring (bicyclic) bond motifs is 1. The largest absolute Gasteiger partial charge is 0.318 e. The second-order valence-electron chi connectivity index (χ2n) is 8.83. The molecule has 0 bridgehead atoms. The molecule has 0 aliphatic heterocycles. The zero-order chi connectivity index (χ0) is 22.9. The van der Waals surface area contributed by atoms with E-state index >= 15 is 0 Å². The van der Waals surface area contributed by atoms with Crippen molar-refractivity contribution < 1.29 is 0 Å². The van der Waals surface area contributed by atoms with Gasteiger partial charge in [-0.05, 0) is 63.1 Å². The van der Waals surface area contributed by atoms with E-state index < -0.39 is 0 Å². The average Bonchev–Trinajstić information content (AvgIpc) is 3.12. The van der Waals surface area contributed by atoms with Gasteiger partial charge in [-0.25, -0.2) is 4.98 Å². The number of halogens is 1. The van der Waals surface area contributed by atoms with Gasteiger partial charge in [0.15, 0.2) is 0 Å². The van der Waals surface area contributed by atoms with Crippen molar-refractivity contribution in [2.75, 3.05) is 0 Å². The number of benzene rings is 2. The molecule has 0 N–H and O–H groups in total. The normalized spacial score (nSPS) is 15.0. The molecule has 2 aromatic carbocycles. The van der Waals surface area contributed by atoms with Gasteiger partial charge in [0.1, 0.15) is 5.82 Å². The Kier molecular flexibility index (Phi) is 6.02. The van der Waals surface area contributed by atoms with Crippen molar-refractivity contribution >= 4 is 33.0 Å². The molecule has 0 unspecified atom stereocenters. The fraction of sp³-hybridized carbons (Fsp3) is 0.296. The molecule has 0 saturated heterocycles. The van der Waals surface area contributed by atoms with E-state index in [-0.39, 0.29) is 11.5 Å². The quantitative estimate of drug-likeness (QED) is 0.299. The highest BCUT2D eigenvalue weighted by Gasteiger charge is 2.22. The highest BCUT2D eigenvalue weighted by Crippen LogP contribution is 2.32. The molecule has 4 aromatic rings. The number of rotatable bonds is 4. The Morgan fingerprint density at radius 2 is 1.79 bits per heavy atom. The zero-order valence-electron chi connectivity index (χ0n) is 19.0. The molecule has 0 spiro atoms. The van der Waals surface area contributed by atoms with Gasteiger partial charge in [-0.2, -0.15) is 9.78 Å². The van der Waals surface area contributed by atoms with Crippen LogP contribution >= 0.6 is 15.9 Å². The maximum Gasteiger partial charge on any atom is 0.282 e. The fourth-order valence-electron chi connectivity index (χ4n) is 4.92. The van der Waals surface area contributed by atoms with Crippen LogP contribution in [0.25, 0.3) is 16.6 Å². The van der Waals surface area contributed by atoms with E-state index in [2.05, 4.69) is 52.5 Å². The fourth-order valence-corrected chi connectivity index (χ4v) is 5.28. The van der Waals surface area contributed by atoms with Crippen LogP contribution in [0.2, 0.25) is 0 Å². The lowest BCUT2D eigenvalue weighted by atomic mass is 9.88. The minimum absolute atomic E-state index is 0.116. The highest BCUT2D eigenvalue weighted by molar-refractivity contribution is 9.10. The number of aromatic nitrogens is 3. The van der Waals surface area contributed by atoms with Gasteiger partial charge < -0.3 is 4.57 Å². The first-order chi connectivity index (χ1) is 16.0. The zero-order valence-corrected chi connectivity index (χ0v) is 20.5. The van der Waals surface area contributed by atoms with Crippen LogP contribution in [0, 0.1) is 13.8 Å². The first-order valence-electron chi connectivity index (χ1n) is 11.5. The Balaban J connectivity index is 1.63. The standard InChI is InChI=1S/C27H27BrN4O/c1-18-15-21(19(2)31(18)23-11-7-4-8-12-23)17-29-32-26(20-9-5-3-6-10-20)30-25-14-13-22(28)16-24(25)27(32)33/h4,7-8,11-17,20H,3,5-6,9-10H2,1-2H3. The van der Waals surface area contributed by atoms with Crippen LogP contribution in [-0.4, -0.2) is 20.4 Å². The summed E-state index contributed by atoms with van der Waals surface area (Å²) in [5.41, 5.74) is 4.94. The topological polar surface area (TPSA) is 52.2 Å². The van der Waals surface area contributed by atoms with Crippen molar-refractivity contribution in [1.29, 1.82) is 0 Å². The van der Waals surface area contributed by atoms with Crippen molar-refractivity contribution in [3.05, 3.63) is 92.2 Å². The first kappa shape index (κ1) is 21.8. The Labute approximate surface area is 201 Å². The van der Waals surface area contributed by atoms with Crippen molar-refractivity contribution in [1.82, 2.24) is 14.2 Å². The molecule has 1 aliphatic carbocycles. The first-order valence-corrected chi connectivity index (χ1v) is 12.3. The molecule has 2 aromatic heterocycles. The SMILES string of the molecule is Cc1cc(C=Nn2c(C3CCCCC3)nc3ccc(Br)cc3c2=O)c(C)n1-c1ccccc1. The van der Waals surface area contributed by atoms with Crippen LogP contribution in [0.5, 0.6) is 0 Å².